The number of ether oxygens (including phenoxy) is 1. The molecule has 0 N–H and O–H groups in total. The third kappa shape index (κ3) is 2.45. The van der Waals surface area contributed by atoms with Crippen molar-refractivity contribution in [3.63, 3.8) is 0 Å². The highest BCUT2D eigenvalue weighted by Gasteiger charge is 2.16. The number of carbonyl (C=O) groups excluding carboxylic acids is 1. The average molecular weight is 245 g/mol. The second-order valence-corrected chi connectivity index (χ2v) is 3.30. The Kier molecular flexibility index (Phi) is 3.31. The van der Waals surface area contributed by atoms with Gasteiger partial charge < -0.3 is 9.15 Å². The fraction of sp³-hybridized carbons (Fsp3) is 0.222. The molecule has 4 heteroatoms. The summed E-state index contributed by atoms with van der Waals surface area (Å²) in [6.45, 7) is 5.22. The first kappa shape index (κ1) is 10.1. The molecule has 1 aromatic heterocycles. The van der Waals surface area contributed by atoms with Crippen LogP contribution < -0.4 is 0 Å². The smallest absolute Gasteiger partial charge is 0.376 e. The van der Waals surface area contributed by atoms with Crippen molar-refractivity contribution in [1.82, 2.24) is 0 Å². The van der Waals surface area contributed by atoms with Crippen molar-refractivity contribution >= 4 is 21.9 Å². The Morgan fingerprint density at radius 1 is 1.85 bits per heavy atom. The van der Waals surface area contributed by atoms with Gasteiger partial charge in [-0.05, 0) is 28.9 Å². The summed E-state index contributed by atoms with van der Waals surface area (Å²) in [7, 11) is 0. The van der Waals surface area contributed by atoms with E-state index < -0.39 is 5.97 Å². The first-order valence-corrected chi connectivity index (χ1v) is 4.51. The van der Waals surface area contributed by atoms with Crippen molar-refractivity contribution < 1.29 is 13.9 Å². The van der Waals surface area contributed by atoms with Gasteiger partial charge in [0.25, 0.3) is 0 Å². The van der Waals surface area contributed by atoms with Crippen LogP contribution in [0.5, 0.6) is 0 Å². The Morgan fingerprint density at radius 3 is 3.00 bits per heavy atom. The summed E-state index contributed by atoms with van der Waals surface area (Å²) in [5, 5.41) is 0. The highest BCUT2D eigenvalue weighted by molar-refractivity contribution is 9.10. The van der Waals surface area contributed by atoms with Crippen LogP contribution in [-0.2, 0) is 4.74 Å². The molecule has 1 heterocycles. The Bertz CT molecular complexity index is 316. The quantitative estimate of drug-likeness (QED) is 0.607. The normalized spacial score (nSPS) is 12.2. The van der Waals surface area contributed by atoms with Crippen molar-refractivity contribution in [2.45, 2.75) is 13.0 Å². The summed E-state index contributed by atoms with van der Waals surface area (Å²) in [6, 6.07) is 1.63. The molecule has 0 saturated heterocycles. The van der Waals surface area contributed by atoms with Gasteiger partial charge in [-0.15, -0.1) is 0 Å². The summed E-state index contributed by atoms with van der Waals surface area (Å²) >= 11 is 3.16. The molecule has 0 fully saturated rings. The molecule has 0 aromatic carbocycles. The predicted molar refractivity (Wildman–Crippen MR) is 51.5 cm³/mol. The predicted octanol–water partition coefficient (Wildman–Crippen LogP) is 2.77. The fourth-order valence-electron chi connectivity index (χ4n) is 0.710. The number of hydrogen-bond donors (Lipinski definition) is 0. The van der Waals surface area contributed by atoms with E-state index in [9.17, 15) is 4.79 Å². The van der Waals surface area contributed by atoms with Gasteiger partial charge >= 0.3 is 5.97 Å². The van der Waals surface area contributed by atoms with E-state index in [1.807, 2.05) is 0 Å². The molecule has 0 amide bonds. The lowest BCUT2D eigenvalue weighted by Crippen LogP contribution is -2.12. The van der Waals surface area contributed by atoms with Gasteiger partial charge in [0.1, 0.15) is 6.10 Å². The summed E-state index contributed by atoms with van der Waals surface area (Å²) in [5.74, 6) is -0.321. The Labute approximate surface area is 84.5 Å². The van der Waals surface area contributed by atoms with E-state index >= 15 is 0 Å². The topological polar surface area (TPSA) is 39.4 Å². The summed E-state index contributed by atoms with van der Waals surface area (Å²) < 4.78 is 10.5. The van der Waals surface area contributed by atoms with Crippen LogP contribution >= 0.6 is 15.9 Å². The minimum atomic E-state index is -0.496. The lowest BCUT2D eigenvalue weighted by atomic mass is 10.4. The molecule has 13 heavy (non-hydrogen) atoms. The standard InChI is InChI=1S/C9H9BrO3/c1-3-6(2)13-9(11)8-7(10)4-5-12-8/h3-6H,1H2,2H3. The molecule has 0 aliphatic carbocycles. The highest BCUT2D eigenvalue weighted by Crippen LogP contribution is 2.18. The second kappa shape index (κ2) is 4.28. The average Bonchev–Trinajstić information content (AvgIpc) is 2.51. The zero-order valence-electron chi connectivity index (χ0n) is 7.12. The van der Waals surface area contributed by atoms with E-state index in [1.54, 1.807) is 13.0 Å². The van der Waals surface area contributed by atoms with Gasteiger partial charge in [-0.3, -0.25) is 0 Å². The van der Waals surface area contributed by atoms with Crippen LogP contribution in [0.4, 0.5) is 0 Å². The van der Waals surface area contributed by atoms with Crippen molar-refractivity contribution in [3.8, 4) is 0 Å². The van der Waals surface area contributed by atoms with E-state index in [0.717, 1.165) is 0 Å². The molecule has 3 nitrogen and oxygen atoms in total. The molecule has 0 aliphatic heterocycles. The molecule has 0 bridgehead atoms. The van der Waals surface area contributed by atoms with Crippen molar-refractivity contribution in [1.29, 1.82) is 0 Å². The van der Waals surface area contributed by atoms with Gasteiger partial charge in [-0.1, -0.05) is 12.7 Å². The third-order valence-electron chi connectivity index (χ3n) is 1.43. The first-order valence-electron chi connectivity index (χ1n) is 3.71. The number of rotatable bonds is 3. The van der Waals surface area contributed by atoms with Gasteiger partial charge in [0, 0.05) is 0 Å². The lowest BCUT2D eigenvalue weighted by molar-refractivity contribution is 0.0387. The van der Waals surface area contributed by atoms with Crippen molar-refractivity contribution in [2.24, 2.45) is 0 Å². The number of halogens is 1. The molecule has 70 valence electrons. The number of esters is 1. The lowest BCUT2D eigenvalue weighted by Gasteiger charge is -2.06. The zero-order valence-corrected chi connectivity index (χ0v) is 8.71. The molecule has 0 radical (unpaired) electrons. The zero-order chi connectivity index (χ0) is 9.84. The Morgan fingerprint density at radius 2 is 2.54 bits per heavy atom. The maximum Gasteiger partial charge on any atom is 0.376 e. The minimum Gasteiger partial charge on any atom is -0.456 e. The van der Waals surface area contributed by atoms with Crippen LogP contribution in [-0.4, -0.2) is 12.1 Å². The minimum absolute atomic E-state index is 0.175. The van der Waals surface area contributed by atoms with Crippen LogP contribution in [0.1, 0.15) is 17.5 Å². The van der Waals surface area contributed by atoms with Crippen molar-refractivity contribution in [2.75, 3.05) is 0 Å². The number of hydrogen-bond acceptors (Lipinski definition) is 3. The van der Waals surface area contributed by atoms with Crippen LogP contribution in [0.2, 0.25) is 0 Å². The summed E-state index contributed by atoms with van der Waals surface area (Å²) in [5.41, 5.74) is 0. The van der Waals surface area contributed by atoms with E-state index in [0.29, 0.717) is 4.47 Å². The molecule has 0 saturated carbocycles. The fourth-order valence-corrected chi connectivity index (χ4v) is 1.07. The summed E-state index contributed by atoms with van der Waals surface area (Å²) in [4.78, 5) is 11.3. The molecular formula is C9H9BrO3. The van der Waals surface area contributed by atoms with Gasteiger partial charge in [-0.25, -0.2) is 4.79 Å². The van der Waals surface area contributed by atoms with Gasteiger partial charge in [-0.2, -0.15) is 0 Å². The number of furan rings is 1. The maximum absolute atomic E-state index is 11.3. The third-order valence-corrected chi connectivity index (χ3v) is 2.05. The maximum atomic E-state index is 11.3. The van der Waals surface area contributed by atoms with E-state index in [1.165, 1.54) is 12.3 Å². The first-order chi connectivity index (χ1) is 6.15. The Balaban J connectivity index is 2.69. The molecule has 0 aliphatic rings. The summed E-state index contributed by atoms with van der Waals surface area (Å²) in [6.07, 6.45) is 2.64. The highest BCUT2D eigenvalue weighted by atomic mass is 79.9. The molecule has 1 aromatic rings. The van der Waals surface area contributed by atoms with Gasteiger partial charge in [0.05, 0.1) is 10.7 Å². The van der Waals surface area contributed by atoms with Crippen LogP contribution in [0.3, 0.4) is 0 Å². The van der Waals surface area contributed by atoms with Crippen LogP contribution in [0.25, 0.3) is 0 Å². The van der Waals surface area contributed by atoms with Crippen molar-refractivity contribution in [3.05, 3.63) is 35.2 Å². The number of carbonyl (C=O) groups is 1. The van der Waals surface area contributed by atoms with E-state index in [2.05, 4.69) is 22.5 Å². The second-order valence-electron chi connectivity index (χ2n) is 2.44. The van der Waals surface area contributed by atoms with Gasteiger partial charge in [0.15, 0.2) is 0 Å². The van der Waals surface area contributed by atoms with E-state index in [-0.39, 0.29) is 11.9 Å². The molecule has 0 spiro atoms. The van der Waals surface area contributed by atoms with Crippen LogP contribution in [0.15, 0.2) is 33.9 Å². The SMILES string of the molecule is C=CC(C)OC(=O)c1occc1Br. The largest absolute Gasteiger partial charge is 0.456 e. The van der Waals surface area contributed by atoms with Crippen LogP contribution in [0, 0.1) is 0 Å². The molecule has 1 atom stereocenters. The monoisotopic (exact) mass is 244 g/mol. The van der Waals surface area contributed by atoms with E-state index in [4.69, 9.17) is 9.15 Å². The van der Waals surface area contributed by atoms with Gasteiger partial charge in [0.2, 0.25) is 5.76 Å². The molecule has 1 rings (SSSR count). The molecular weight excluding hydrogens is 236 g/mol. The Hall–Kier alpha value is -1.03. The molecule has 1 unspecified atom stereocenters.